The van der Waals surface area contributed by atoms with Crippen molar-refractivity contribution in [2.24, 2.45) is 5.92 Å². The summed E-state index contributed by atoms with van der Waals surface area (Å²) < 4.78 is 0. The minimum atomic E-state index is -0.755. The summed E-state index contributed by atoms with van der Waals surface area (Å²) in [7, 11) is 0. The first-order valence-electron chi connectivity index (χ1n) is 7.78. The first kappa shape index (κ1) is 16.5. The molecule has 0 amide bonds. The first-order chi connectivity index (χ1) is 11.6. The van der Waals surface area contributed by atoms with E-state index in [1.807, 2.05) is 42.5 Å². The molecule has 24 heavy (non-hydrogen) atoms. The van der Waals surface area contributed by atoms with E-state index in [2.05, 4.69) is 11.0 Å². The van der Waals surface area contributed by atoms with Gasteiger partial charge in [0.15, 0.2) is 0 Å². The molecular weight excluding hydrogens is 324 g/mol. The topological polar surface area (TPSA) is 64.3 Å². The van der Waals surface area contributed by atoms with Crippen LogP contribution in [-0.4, -0.2) is 29.1 Å². The Bertz CT molecular complexity index is 777. The highest BCUT2D eigenvalue weighted by atomic mass is 35.5. The molecular formula is C19H17ClN2O2. The van der Waals surface area contributed by atoms with Gasteiger partial charge in [-0.05, 0) is 41.3 Å². The van der Waals surface area contributed by atoms with Gasteiger partial charge >= 0.3 is 5.97 Å². The van der Waals surface area contributed by atoms with E-state index >= 15 is 0 Å². The lowest BCUT2D eigenvalue weighted by molar-refractivity contribution is -0.139. The SMILES string of the molecule is N#Cc1cccc(C(c2ccc(Cl)cc2)N2CC(CC(=O)O)C2)c1. The highest BCUT2D eigenvalue weighted by molar-refractivity contribution is 6.30. The predicted octanol–water partition coefficient (Wildman–Crippen LogP) is 3.71. The maximum atomic E-state index is 10.9. The monoisotopic (exact) mass is 340 g/mol. The zero-order valence-electron chi connectivity index (χ0n) is 13.0. The van der Waals surface area contributed by atoms with Crippen LogP contribution in [0.4, 0.5) is 0 Å². The van der Waals surface area contributed by atoms with Crippen LogP contribution in [0.5, 0.6) is 0 Å². The lowest BCUT2D eigenvalue weighted by Gasteiger charge is -2.44. The molecule has 1 saturated heterocycles. The van der Waals surface area contributed by atoms with Crippen molar-refractivity contribution in [1.82, 2.24) is 4.90 Å². The van der Waals surface area contributed by atoms with Crippen LogP contribution < -0.4 is 0 Å². The van der Waals surface area contributed by atoms with E-state index in [9.17, 15) is 4.79 Å². The van der Waals surface area contributed by atoms with Crippen molar-refractivity contribution in [1.29, 1.82) is 5.26 Å². The number of nitrogens with zero attached hydrogens (tertiary/aromatic N) is 2. The van der Waals surface area contributed by atoms with E-state index in [-0.39, 0.29) is 18.4 Å². The van der Waals surface area contributed by atoms with Crippen molar-refractivity contribution in [2.75, 3.05) is 13.1 Å². The maximum absolute atomic E-state index is 10.9. The van der Waals surface area contributed by atoms with E-state index in [0.29, 0.717) is 10.6 Å². The lowest BCUT2D eigenvalue weighted by Crippen LogP contribution is -2.49. The molecule has 2 aromatic rings. The molecule has 5 heteroatoms. The van der Waals surface area contributed by atoms with Crippen LogP contribution >= 0.6 is 11.6 Å². The van der Waals surface area contributed by atoms with Gasteiger partial charge in [-0.25, -0.2) is 0 Å². The third-order valence-electron chi connectivity index (χ3n) is 4.33. The number of carboxylic acids is 1. The Labute approximate surface area is 145 Å². The molecule has 0 aliphatic carbocycles. The van der Waals surface area contributed by atoms with Gasteiger partial charge < -0.3 is 5.11 Å². The Morgan fingerprint density at radius 1 is 1.25 bits per heavy atom. The molecule has 3 rings (SSSR count). The van der Waals surface area contributed by atoms with Gasteiger partial charge in [-0.2, -0.15) is 5.26 Å². The van der Waals surface area contributed by atoms with Crippen LogP contribution in [0.15, 0.2) is 48.5 Å². The summed E-state index contributed by atoms with van der Waals surface area (Å²) in [5.41, 5.74) is 2.74. The van der Waals surface area contributed by atoms with Crippen molar-refractivity contribution in [2.45, 2.75) is 12.5 Å². The number of hydrogen-bond acceptors (Lipinski definition) is 3. The second-order valence-electron chi connectivity index (χ2n) is 6.11. The molecule has 1 unspecified atom stereocenters. The molecule has 1 heterocycles. The molecule has 0 saturated carbocycles. The van der Waals surface area contributed by atoms with Crippen LogP contribution in [0.25, 0.3) is 0 Å². The lowest BCUT2D eigenvalue weighted by atomic mass is 9.88. The van der Waals surface area contributed by atoms with E-state index in [0.717, 1.165) is 24.2 Å². The minimum Gasteiger partial charge on any atom is -0.481 e. The molecule has 122 valence electrons. The van der Waals surface area contributed by atoms with Gasteiger partial charge in [0.2, 0.25) is 0 Å². The predicted molar refractivity (Wildman–Crippen MR) is 91.8 cm³/mol. The summed E-state index contributed by atoms with van der Waals surface area (Å²) in [6, 6.07) is 17.4. The van der Waals surface area contributed by atoms with E-state index in [1.165, 1.54) is 0 Å². The molecule has 0 bridgehead atoms. The number of halogens is 1. The largest absolute Gasteiger partial charge is 0.481 e. The zero-order chi connectivity index (χ0) is 17.1. The Morgan fingerprint density at radius 2 is 1.96 bits per heavy atom. The number of carboxylic acid groups (broad SMARTS) is 1. The molecule has 1 aliphatic heterocycles. The van der Waals surface area contributed by atoms with Crippen LogP contribution in [0.2, 0.25) is 5.02 Å². The van der Waals surface area contributed by atoms with Crippen LogP contribution in [-0.2, 0) is 4.79 Å². The van der Waals surface area contributed by atoms with Gasteiger partial charge in [-0.1, -0.05) is 35.9 Å². The normalized spacial score (nSPS) is 16.2. The van der Waals surface area contributed by atoms with E-state index in [1.54, 1.807) is 6.07 Å². The average Bonchev–Trinajstić information content (AvgIpc) is 2.54. The van der Waals surface area contributed by atoms with Crippen LogP contribution in [0.3, 0.4) is 0 Å². The van der Waals surface area contributed by atoms with Crippen LogP contribution in [0.1, 0.15) is 29.2 Å². The van der Waals surface area contributed by atoms with Gasteiger partial charge in [-0.15, -0.1) is 0 Å². The molecule has 1 N–H and O–H groups in total. The third-order valence-corrected chi connectivity index (χ3v) is 4.58. The minimum absolute atomic E-state index is 0.000566. The maximum Gasteiger partial charge on any atom is 0.303 e. The fourth-order valence-electron chi connectivity index (χ4n) is 3.23. The molecule has 4 nitrogen and oxygen atoms in total. The summed E-state index contributed by atoms with van der Waals surface area (Å²) in [5, 5.41) is 18.8. The summed E-state index contributed by atoms with van der Waals surface area (Å²) in [6.07, 6.45) is 0.197. The Hall–Kier alpha value is -2.35. The fraction of sp³-hybridized carbons (Fsp3) is 0.263. The Morgan fingerprint density at radius 3 is 2.58 bits per heavy atom. The molecule has 2 aromatic carbocycles. The summed E-state index contributed by atoms with van der Waals surface area (Å²) in [5.74, 6) is -0.578. The van der Waals surface area contributed by atoms with Crippen molar-refractivity contribution >= 4 is 17.6 Å². The highest BCUT2D eigenvalue weighted by Gasteiger charge is 2.35. The molecule has 1 atom stereocenters. The number of aliphatic carboxylic acids is 1. The summed E-state index contributed by atoms with van der Waals surface area (Å²) in [6.45, 7) is 1.47. The van der Waals surface area contributed by atoms with E-state index < -0.39 is 5.97 Å². The van der Waals surface area contributed by atoms with Crippen LogP contribution in [0, 0.1) is 17.2 Å². The average molecular weight is 341 g/mol. The Kier molecular flexibility index (Phi) is 4.84. The van der Waals surface area contributed by atoms with Gasteiger partial charge in [0.25, 0.3) is 0 Å². The van der Waals surface area contributed by atoms with Crippen molar-refractivity contribution in [3.8, 4) is 6.07 Å². The van der Waals surface area contributed by atoms with Gasteiger partial charge in [-0.3, -0.25) is 9.69 Å². The number of likely N-dealkylation sites (tertiary alicyclic amines) is 1. The van der Waals surface area contributed by atoms with Crippen molar-refractivity contribution < 1.29 is 9.90 Å². The fourth-order valence-corrected chi connectivity index (χ4v) is 3.36. The third kappa shape index (κ3) is 3.59. The number of rotatable bonds is 5. The van der Waals surface area contributed by atoms with Crippen molar-refractivity contribution in [3.63, 3.8) is 0 Å². The second-order valence-corrected chi connectivity index (χ2v) is 6.55. The smallest absolute Gasteiger partial charge is 0.303 e. The number of benzene rings is 2. The standard InChI is InChI=1S/C19H17ClN2O2/c20-17-6-4-15(5-7-17)19(16-3-1-2-13(8-16)10-21)22-11-14(12-22)9-18(23)24/h1-8,14,19H,9,11-12H2,(H,23,24). The molecule has 0 radical (unpaired) electrons. The van der Waals surface area contributed by atoms with Gasteiger partial charge in [0, 0.05) is 18.1 Å². The highest BCUT2D eigenvalue weighted by Crippen LogP contribution is 2.36. The number of hydrogen-bond donors (Lipinski definition) is 1. The second kappa shape index (κ2) is 7.04. The Balaban J connectivity index is 1.89. The van der Waals surface area contributed by atoms with Crippen molar-refractivity contribution in [3.05, 3.63) is 70.2 Å². The van der Waals surface area contributed by atoms with E-state index in [4.69, 9.17) is 22.0 Å². The molecule has 0 spiro atoms. The first-order valence-corrected chi connectivity index (χ1v) is 8.16. The summed E-state index contributed by atoms with van der Waals surface area (Å²) >= 11 is 6.00. The molecule has 1 fully saturated rings. The number of nitriles is 1. The zero-order valence-corrected chi connectivity index (χ0v) is 13.8. The molecule has 1 aliphatic rings. The van der Waals surface area contributed by atoms with Gasteiger partial charge in [0.1, 0.15) is 0 Å². The van der Waals surface area contributed by atoms with Gasteiger partial charge in [0.05, 0.1) is 24.1 Å². The molecule has 0 aromatic heterocycles. The summed E-state index contributed by atoms with van der Waals surface area (Å²) in [4.78, 5) is 13.1. The quantitative estimate of drug-likeness (QED) is 0.901. The number of carbonyl (C=O) groups is 1.